The molecule has 0 fully saturated rings. The molecule has 3 N–H and O–H groups in total. The Hall–Kier alpha value is -3.44. The van der Waals surface area contributed by atoms with E-state index in [9.17, 15) is 0 Å². The minimum atomic E-state index is 0.769. The van der Waals surface area contributed by atoms with Gasteiger partial charge in [0.25, 0.3) is 0 Å². The van der Waals surface area contributed by atoms with Crippen LogP contribution < -0.4 is 5.32 Å². The van der Waals surface area contributed by atoms with E-state index in [1.807, 2.05) is 6.20 Å². The maximum Gasteiger partial charge on any atom is 0.120 e. The van der Waals surface area contributed by atoms with Crippen molar-refractivity contribution in [3.05, 3.63) is 72.9 Å². The normalized spacial score (nSPS) is 11.5. The molecule has 0 radical (unpaired) electrons. The number of nitrogens with zero attached hydrogens (tertiary/aromatic N) is 2. The van der Waals surface area contributed by atoms with Crippen molar-refractivity contribution >= 4 is 21.8 Å². The van der Waals surface area contributed by atoms with Gasteiger partial charge in [-0.05, 0) is 59.1 Å². The number of aromatic nitrogens is 4. The van der Waals surface area contributed by atoms with E-state index >= 15 is 0 Å². The molecule has 29 heavy (non-hydrogen) atoms. The van der Waals surface area contributed by atoms with Crippen molar-refractivity contribution in [2.75, 3.05) is 6.54 Å². The third kappa shape index (κ3) is 3.52. The molecule has 0 saturated heterocycles. The highest BCUT2D eigenvalue weighted by molar-refractivity contribution is 5.91. The van der Waals surface area contributed by atoms with Crippen LogP contribution in [0.3, 0.4) is 0 Å². The molecule has 144 valence electrons. The van der Waals surface area contributed by atoms with E-state index in [0.29, 0.717) is 0 Å². The third-order valence-corrected chi connectivity index (χ3v) is 5.25. The second-order valence-corrected chi connectivity index (χ2v) is 7.33. The van der Waals surface area contributed by atoms with Crippen molar-refractivity contribution in [2.24, 2.45) is 0 Å². The van der Waals surface area contributed by atoms with Crippen molar-refractivity contribution < 1.29 is 0 Å². The predicted octanol–water partition coefficient (Wildman–Crippen LogP) is 5.27. The molecule has 2 aromatic heterocycles. The quantitative estimate of drug-likeness (QED) is 0.351. The van der Waals surface area contributed by atoms with E-state index in [-0.39, 0.29) is 0 Å². The Kier molecular flexibility index (Phi) is 4.58. The molecule has 5 rings (SSSR count). The first-order chi connectivity index (χ1) is 14.3. The Bertz CT molecular complexity index is 1280. The van der Waals surface area contributed by atoms with E-state index in [1.165, 1.54) is 21.9 Å². The summed E-state index contributed by atoms with van der Waals surface area (Å²) in [7, 11) is 0. The molecule has 0 aliphatic carbocycles. The molecule has 0 unspecified atom stereocenters. The van der Waals surface area contributed by atoms with Crippen LogP contribution in [0.2, 0.25) is 0 Å². The summed E-state index contributed by atoms with van der Waals surface area (Å²) in [5.74, 6) is 0.970. The van der Waals surface area contributed by atoms with Gasteiger partial charge < -0.3 is 15.3 Å². The van der Waals surface area contributed by atoms with Gasteiger partial charge in [0.2, 0.25) is 0 Å². The summed E-state index contributed by atoms with van der Waals surface area (Å²) in [5, 5.41) is 5.82. The summed E-state index contributed by atoms with van der Waals surface area (Å²) in [6, 6.07) is 19.5. The van der Waals surface area contributed by atoms with Gasteiger partial charge in [0, 0.05) is 5.56 Å². The van der Waals surface area contributed by atoms with E-state index in [2.05, 4.69) is 86.8 Å². The zero-order valence-electron chi connectivity index (χ0n) is 16.4. The van der Waals surface area contributed by atoms with E-state index < -0.39 is 0 Å². The average molecular weight is 381 g/mol. The lowest BCUT2D eigenvalue weighted by Gasteiger charge is -2.06. The summed E-state index contributed by atoms with van der Waals surface area (Å²) >= 11 is 0. The van der Waals surface area contributed by atoms with E-state index in [4.69, 9.17) is 0 Å². The lowest BCUT2D eigenvalue weighted by molar-refractivity contribution is 0.655. The van der Waals surface area contributed by atoms with E-state index in [0.717, 1.165) is 47.6 Å². The topological polar surface area (TPSA) is 69.4 Å². The number of imidazole rings is 2. The third-order valence-electron chi connectivity index (χ3n) is 5.25. The Balaban J connectivity index is 1.43. The molecule has 0 aliphatic rings. The molecular formula is C24H23N5. The number of nitrogens with one attached hydrogen (secondary N) is 3. The molecule has 2 heterocycles. The van der Waals surface area contributed by atoms with Crippen molar-refractivity contribution in [1.29, 1.82) is 0 Å². The summed E-state index contributed by atoms with van der Waals surface area (Å²) in [6.07, 6.45) is 4.77. The van der Waals surface area contributed by atoms with E-state index in [1.54, 1.807) is 6.33 Å². The first-order valence-electron chi connectivity index (χ1n) is 10.0. The highest BCUT2D eigenvalue weighted by Gasteiger charge is 2.06. The van der Waals surface area contributed by atoms with Gasteiger partial charge in [0.05, 0.1) is 35.8 Å². The zero-order chi connectivity index (χ0) is 19.6. The van der Waals surface area contributed by atoms with Gasteiger partial charge in [-0.15, -0.1) is 0 Å². The van der Waals surface area contributed by atoms with Crippen LogP contribution in [0, 0.1) is 0 Å². The molecule has 0 atom stereocenters. The molecule has 0 spiro atoms. The number of hydrogen-bond donors (Lipinski definition) is 3. The Morgan fingerprint density at radius 1 is 0.862 bits per heavy atom. The van der Waals surface area contributed by atoms with Crippen LogP contribution in [0.5, 0.6) is 0 Å². The van der Waals surface area contributed by atoms with Crippen LogP contribution in [-0.4, -0.2) is 26.5 Å². The number of H-pyrrole nitrogens is 2. The van der Waals surface area contributed by atoms with Crippen LogP contribution in [0.25, 0.3) is 44.2 Å². The maximum atomic E-state index is 4.49. The second kappa shape index (κ2) is 7.53. The summed E-state index contributed by atoms with van der Waals surface area (Å²) in [5.41, 5.74) is 6.63. The van der Waals surface area contributed by atoms with Crippen LogP contribution in [-0.2, 0) is 6.54 Å². The Labute approximate surface area is 169 Å². The Morgan fingerprint density at radius 2 is 1.62 bits per heavy atom. The highest BCUT2D eigenvalue weighted by Crippen LogP contribution is 2.29. The SMILES string of the molecule is CCCNCc1ncc(-c2ccc3cc(-c4ccc5nc[nH]c5c4)ccc3c2)[nH]1. The molecule has 5 heteroatoms. The number of benzene rings is 3. The fourth-order valence-corrected chi connectivity index (χ4v) is 3.69. The predicted molar refractivity (Wildman–Crippen MR) is 119 cm³/mol. The Morgan fingerprint density at radius 3 is 2.48 bits per heavy atom. The van der Waals surface area contributed by atoms with Gasteiger partial charge in [-0.3, -0.25) is 0 Å². The molecular weight excluding hydrogens is 358 g/mol. The lowest BCUT2D eigenvalue weighted by Crippen LogP contribution is -2.14. The molecule has 5 nitrogen and oxygen atoms in total. The highest BCUT2D eigenvalue weighted by atomic mass is 15.0. The van der Waals surface area contributed by atoms with Crippen molar-refractivity contribution in [3.63, 3.8) is 0 Å². The van der Waals surface area contributed by atoms with Gasteiger partial charge in [-0.2, -0.15) is 0 Å². The van der Waals surface area contributed by atoms with Gasteiger partial charge >= 0.3 is 0 Å². The minimum absolute atomic E-state index is 0.769. The molecule has 0 bridgehead atoms. The first-order valence-corrected chi connectivity index (χ1v) is 10.0. The number of fused-ring (bicyclic) bond motifs is 2. The van der Waals surface area contributed by atoms with Crippen LogP contribution in [0.4, 0.5) is 0 Å². The van der Waals surface area contributed by atoms with Crippen LogP contribution >= 0.6 is 0 Å². The largest absolute Gasteiger partial charge is 0.345 e. The van der Waals surface area contributed by atoms with Crippen molar-refractivity contribution in [2.45, 2.75) is 19.9 Å². The fraction of sp³-hybridized carbons (Fsp3) is 0.167. The monoisotopic (exact) mass is 381 g/mol. The summed E-state index contributed by atoms with van der Waals surface area (Å²) in [6.45, 7) is 3.93. The summed E-state index contributed by atoms with van der Waals surface area (Å²) < 4.78 is 0. The zero-order valence-corrected chi connectivity index (χ0v) is 16.4. The first kappa shape index (κ1) is 17.6. The standard InChI is InChI=1S/C24H23N5/c1-2-9-25-14-24-26-13-23(29-24)20-6-5-16-10-17(3-4-18(16)11-20)19-7-8-21-22(12-19)28-15-27-21/h3-8,10-13,15,25H,2,9,14H2,1H3,(H,26,29)(H,27,28). The minimum Gasteiger partial charge on any atom is -0.345 e. The molecule has 5 aromatic rings. The average Bonchev–Trinajstić information content (AvgIpc) is 3.42. The maximum absolute atomic E-state index is 4.49. The second-order valence-electron chi connectivity index (χ2n) is 7.33. The van der Waals surface area contributed by atoms with Crippen LogP contribution in [0.15, 0.2) is 67.1 Å². The van der Waals surface area contributed by atoms with Gasteiger partial charge in [-0.25, -0.2) is 9.97 Å². The van der Waals surface area contributed by atoms with Crippen molar-refractivity contribution in [3.8, 4) is 22.4 Å². The van der Waals surface area contributed by atoms with Gasteiger partial charge in [-0.1, -0.05) is 37.3 Å². The number of hydrogen-bond acceptors (Lipinski definition) is 3. The number of aromatic amines is 2. The summed E-state index contributed by atoms with van der Waals surface area (Å²) in [4.78, 5) is 15.4. The lowest BCUT2D eigenvalue weighted by atomic mass is 9.99. The number of rotatable bonds is 6. The fourth-order valence-electron chi connectivity index (χ4n) is 3.69. The van der Waals surface area contributed by atoms with Gasteiger partial charge in [0.1, 0.15) is 5.82 Å². The van der Waals surface area contributed by atoms with Gasteiger partial charge in [0.15, 0.2) is 0 Å². The van der Waals surface area contributed by atoms with Crippen LogP contribution in [0.1, 0.15) is 19.2 Å². The molecule has 0 amide bonds. The molecule has 0 saturated carbocycles. The smallest absolute Gasteiger partial charge is 0.120 e. The van der Waals surface area contributed by atoms with Crippen molar-refractivity contribution in [1.82, 2.24) is 25.3 Å². The molecule has 3 aromatic carbocycles. The molecule has 0 aliphatic heterocycles.